The van der Waals surface area contributed by atoms with Gasteiger partial charge in [0.05, 0.1) is 12.3 Å². The topological polar surface area (TPSA) is 102 Å². The van der Waals surface area contributed by atoms with Gasteiger partial charge in [0.15, 0.2) is 15.6 Å². The van der Waals surface area contributed by atoms with Crippen molar-refractivity contribution in [3.05, 3.63) is 52.7 Å². The number of urea groups is 1. The molecule has 3 amide bonds. The van der Waals surface area contributed by atoms with E-state index in [4.69, 9.17) is 4.42 Å². The van der Waals surface area contributed by atoms with Crippen molar-refractivity contribution < 1.29 is 14.0 Å². The first-order valence-corrected chi connectivity index (χ1v) is 10.3. The molecule has 2 aromatic heterocycles. The largest absolute Gasteiger partial charge is 0.446 e. The van der Waals surface area contributed by atoms with Crippen molar-refractivity contribution >= 4 is 39.6 Å². The Morgan fingerprint density at radius 2 is 1.96 bits per heavy atom. The fraction of sp³-hybridized carbons (Fsp3) is 0.222. The molecule has 3 aromatic rings. The van der Waals surface area contributed by atoms with Gasteiger partial charge in [-0.3, -0.25) is 14.7 Å². The smallest absolute Gasteiger partial charge is 0.321 e. The van der Waals surface area contributed by atoms with Crippen molar-refractivity contribution in [2.24, 2.45) is 0 Å². The van der Waals surface area contributed by atoms with E-state index in [1.54, 1.807) is 19.1 Å². The number of amides is 3. The summed E-state index contributed by atoms with van der Waals surface area (Å²) in [4.78, 5) is 23.4. The van der Waals surface area contributed by atoms with Crippen LogP contribution >= 0.6 is 27.7 Å². The molecule has 0 fully saturated rings. The second kappa shape index (κ2) is 9.56. The van der Waals surface area contributed by atoms with E-state index >= 15 is 0 Å². The molecule has 8 nitrogen and oxygen atoms in total. The van der Waals surface area contributed by atoms with E-state index < -0.39 is 11.9 Å². The first-order chi connectivity index (χ1) is 13.6. The van der Waals surface area contributed by atoms with Crippen LogP contribution in [0.25, 0.3) is 11.6 Å². The summed E-state index contributed by atoms with van der Waals surface area (Å²) in [6.45, 7) is 2.74. The van der Waals surface area contributed by atoms with Gasteiger partial charge < -0.3 is 9.73 Å². The predicted octanol–water partition coefficient (Wildman–Crippen LogP) is 3.29. The molecule has 0 atom stereocenters. The number of carbonyl (C=O) groups excluding carboxylic acids is 2. The van der Waals surface area contributed by atoms with Gasteiger partial charge in [-0.1, -0.05) is 42.1 Å². The average molecular weight is 464 g/mol. The van der Waals surface area contributed by atoms with Gasteiger partial charge in [0, 0.05) is 6.54 Å². The summed E-state index contributed by atoms with van der Waals surface area (Å²) < 4.78 is 8.09. The van der Waals surface area contributed by atoms with E-state index in [9.17, 15) is 9.59 Å². The molecule has 2 N–H and O–H groups in total. The maximum Gasteiger partial charge on any atom is 0.321 e. The molecule has 0 radical (unpaired) electrons. The van der Waals surface area contributed by atoms with Crippen LogP contribution in [0.5, 0.6) is 0 Å². The zero-order valence-corrected chi connectivity index (χ0v) is 17.4. The minimum absolute atomic E-state index is 0.0336. The standard InChI is InChI=1S/C18H18BrN5O3S/c1-2-20-17(26)21-15(25)11-28-18-23-22-16(13-8-9-14(19)27-13)24(18)10-12-6-4-3-5-7-12/h3-9H,2,10-11H2,1H3,(H2,20,21,25,26). The van der Waals surface area contributed by atoms with Gasteiger partial charge in [-0.15, -0.1) is 10.2 Å². The molecule has 1 aromatic carbocycles. The van der Waals surface area contributed by atoms with Gasteiger partial charge in [-0.05, 0) is 40.5 Å². The van der Waals surface area contributed by atoms with Crippen LogP contribution in [0.4, 0.5) is 4.79 Å². The SMILES string of the molecule is CCNC(=O)NC(=O)CSc1nnc(-c2ccc(Br)o2)n1Cc1ccccc1. The molecule has 0 saturated carbocycles. The number of imide groups is 1. The minimum atomic E-state index is -0.514. The lowest BCUT2D eigenvalue weighted by atomic mass is 10.2. The molecule has 146 valence electrons. The number of aromatic nitrogens is 3. The summed E-state index contributed by atoms with van der Waals surface area (Å²) >= 11 is 4.49. The Morgan fingerprint density at radius 3 is 2.64 bits per heavy atom. The summed E-state index contributed by atoms with van der Waals surface area (Å²) in [7, 11) is 0. The molecule has 0 saturated heterocycles. The third-order valence-electron chi connectivity index (χ3n) is 3.62. The monoisotopic (exact) mass is 463 g/mol. The number of nitrogens with one attached hydrogen (secondary N) is 2. The van der Waals surface area contributed by atoms with Crippen molar-refractivity contribution in [1.29, 1.82) is 0 Å². The summed E-state index contributed by atoms with van der Waals surface area (Å²) in [5.41, 5.74) is 1.06. The van der Waals surface area contributed by atoms with Crippen LogP contribution in [0.15, 0.2) is 56.7 Å². The maximum atomic E-state index is 12.0. The quantitative estimate of drug-likeness (QED) is 0.521. The van der Waals surface area contributed by atoms with Crippen molar-refractivity contribution in [3.8, 4) is 11.6 Å². The van der Waals surface area contributed by atoms with Crippen LogP contribution in [0, 0.1) is 0 Å². The van der Waals surface area contributed by atoms with Crippen LogP contribution in [-0.4, -0.2) is 39.0 Å². The van der Waals surface area contributed by atoms with Crippen LogP contribution in [0.1, 0.15) is 12.5 Å². The summed E-state index contributed by atoms with van der Waals surface area (Å²) in [6.07, 6.45) is 0. The number of hydrogen-bond donors (Lipinski definition) is 2. The minimum Gasteiger partial charge on any atom is -0.446 e. The number of nitrogens with zero attached hydrogens (tertiary/aromatic N) is 3. The Labute approximate surface area is 174 Å². The average Bonchev–Trinajstić information content (AvgIpc) is 3.27. The highest BCUT2D eigenvalue weighted by molar-refractivity contribution is 9.10. The first kappa shape index (κ1) is 20.2. The molecule has 2 heterocycles. The number of carbonyl (C=O) groups is 2. The zero-order valence-electron chi connectivity index (χ0n) is 15.0. The molecule has 3 rings (SSSR count). The lowest BCUT2D eigenvalue weighted by Crippen LogP contribution is -2.40. The Hall–Kier alpha value is -2.59. The highest BCUT2D eigenvalue weighted by atomic mass is 79.9. The molecule has 0 aliphatic rings. The van der Waals surface area contributed by atoms with Crippen LogP contribution in [0.3, 0.4) is 0 Å². The van der Waals surface area contributed by atoms with Gasteiger partial charge >= 0.3 is 6.03 Å². The fourth-order valence-corrected chi connectivity index (χ4v) is 3.46. The third kappa shape index (κ3) is 5.23. The van der Waals surface area contributed by atoms with Crippen molar-refractivity contribution in [3.63, 3.8) is 0 Å². The maximum absolute atomic E-state index is 12.0. The van der Waals surface area contributed by atoms with Crippen molar-refractivity contribution in [2.45, 2.75) is 18.6 Å². The second-order valence-electron chi connectivity index (χ2n) is 5.68. The lowest BCUT2D eigenvalue weighted by Gasteiger charge is -2.09. The number of halogens is 1. The Balaban J connectivity index is 1.79. The molecule has 28 heavy (non-hydrogen) atoms. The normalized spacial score (nSPS) is 10.6. The highest BCUT2D eigenvalue weighted by Gasteiger charge is 2.19. The van der Waals surface area contributed by atoms with E-state index in [1.807, 2.05) is 34.9 Å². The molecule has 0 bridgehead atoms. The molecular formula is C18H18BrN5O3S. The molecule has 0 aliphatic carbocycles. The van der Waals surface area contributed by atoms with Gasteiger partial charge in [0.1, 0.15) is 0 Å². The van der Waals surface area contributed by atoms with Gasteiger partial charge in [-0.25, -0.2) is 4.79 Å². The molecule has 0 aliphatic heterocycles. The van der Waals surface area contributed by atoms with E-state index in [0.717, 1.165) is 5.56 Å². The zero-order chi connectivity index (χ0) is 19.9. The van der Waals surface area contributed by atoms with Crippen LogP contribution in [0.2, 0.25) is 0 Å². The molecule has 10 heteroatoms. The van der Waals surface area contributed by atoms with Gasteiger partial charge in [0.25, 0.3) is 0 Å². The van der Waals surface area contributed by atoms with E-state index in [2.05, 4.69) is 36.8 Å². The van der Waals surface area contributed by atoms with E-state index in [0.29, 0.717) is 34.5 Å². The molecule has 0 spiro atoms. The van der Waals surface area contributed by atoms with Crippen LogP contribution < -0.4 is 10.6 Å². The Morgan fingerprint density at radius 1 is 1.18 bits per heavy atom. The van der Waals surface area contributed by atoms with Crippen molar-refractivity contribution in [1.82, 2.24) is 25.4 Å². The van der Waals surface area contributed by atoms with Gasteiger partial charge in [-0.2, -0.15) is 0 Å². The first-order valence-electron chi connectivity index (χ1n) is 8.50. The number of benzene rings is 1. The Kier molecular flexibility index (Phi) is 6.88. The molecular weight excluding hydrogens is 446 g/mol. The van der Waals surface area contributed by atoms with E-state index in [-0.39, 0.29) is 5.75 Å². The fourth-order valence-electron chi connectivity index (χ4n) is 2.42. The number of furan rings is 1. The third-order valence-corrected chi connectivity index (χ3v) is 5.01. The number of thioether (sulfide) groups is 1. The lowest BCUT2D eigenvalue weighted by molar-refractivity contribution is -0.117. The van der Waals surface area contributed by atoms with Crippen LogP contribution in [-0.2, 0) is 11.3 Å². The molecule has 0 unspecified atom stereocenters. The van der Waals surface area contributed by atoms with Crippen molar-refractivity contribution in [2.75, 3.05) is 12.3 Å². The second-order valence-corrected chi connectivity index (χ2v) is 7.40. The predicted molar refractivity (Wildman–Crippen MR) is 109 cm³/mol. The highest BCUT2D eigenvalue weighted by Crippen LogP contribution is 2.28. The van der Waals surface area contributed by atoms with E-state index in [1.165, 1.54) is 11.8 Å². The Bertz CT molecular complexity index is 957. The summed E-state index contributed by atoms with van der Waals surface area (Å²) in [5, 5.41) is 13.8. The number of hydrogen-bond acceptors (Lipinski definition) is 6. The van der Waals surface area contributed by atoms with Gasteiger partial charge in [0.2, 0.25) is 11.7 Å². The summed E-state index contributed by atoms with van der Waals surface area (Å²) in [5.74, 6) is 0.744. The number of rotatable bonds is 7. The summed E-state index contributed by atoms with van der Waals surface area (Å²) in [6, 6.07) is 12.9.